The van der Waals surface area contributed by atoms with E-state index in [1.165, 1.54) is 23.3 Å². The summed E-state index contributed by atoms with van der Waals surface area (Å²) in [4.78, 5) is 15.8. The number of hydrogen-bond acceptors (Lipinski definition) is 5. The van der Waals surface area contributed by atoms with Crippen molar-refractivity contribution < 1.29 is 4.79 Å². The lowest BCUT2D eigenvalue weighted by atomic mass is 9.90. The van der Waals surface area contributed by atoms with Gasteiger partial charge in [-0.3, -0.25) is 4.79 Å². The molecule has 0 saturated carbocycles. The molecule has 0 spiro atoms. The van der Waals surface area contributed by atoms with Crippen LogP contribution in [0.1, 0.15) is 24.3 Å². The van der Waals surface area contributed by atoms with Crippen LogP contribution in [0, 0.1) is 0 Å². The smallest absolute Gasteiger partial charge is 0.256 e. The molecule has 6 heteroatoms. The molecule has 23 heavy (non-hydrogen) atoms. The van der Waals surface area contributed by atoms with Crippen molar-refractivity contribution in [1.82, 2.24) is 15.5 Å². The van der Waals surface area contributed by atoms with Crippen molar-refractivity contribution in [3.8, 4) is 0 Å². The zero-order valence-electron chi connectivity index (χ0n) is 13.3. The molecular formula is C17H24N4OS. The minimum atomic E-state index is -0.161. The van der Waals surface area contributed by atoms with Gasteiger partial charge in [0, 0.05) is 36.8 Å². The number of fused-ring (bicyclic) bond motifs is 1. The molecular weight excluding hydrogens is 308 g/mol. The highest BCUT2D eigenvalue weighted by Crippen LogP contribution is 2.41. The first-order chi connectivity index (χ1) is 11.3. The van der Waals surface area contributed by atoms with Crippen LogP contribution in [-0.4, -0.2) is 55.4 Å². The van der Waals surface area contributed by atoms with Crippen molar-refractivity contribution in [3.63, 3.8) is 0 Å². The van der Waals surface area contributed by atoms with Gasteiger partial charge >= 0.3 is 0 Å². The lowest BCUT2D eigenvalue weighted by Crippen LogP contribution is -2.50. The molecule has 0 radical (unpaired) electrons. The van der Waals surface area contributed by atoms with E-state index in [-0.39, 0.29) is 11.3 Å². The van der Waals surface area contributed by atoms with E-state index in [0.717, 1.165) is 45.0 Å². The molecule has 4 rings (SSSR count). The molecule has 3 aliphatic rings. The minimum Gasteiger partial charge on any atom is -0.364 e. The summed E-state index contributed by atoms with van der Waals surface area (Å²) in [6.45, 7) is 5.64. The predicted octanol–water partition coefficient (Wildman–Crippen LogP) is 1.43. The molecule has 0 aromatic heterocycles. The molecule has 5 nitrogen and oxygen atoms in total. The van der Waals surface area contributed by atoms with E-state index in [2.05, 4.69) is 34.1 Å². The summed E-state index contributed by atoms with van der Waals surface area (Å²) in [6.07, 6.45) is 2.41. The van der Waals surface area contributed by atoms with Crippen molar-refractivity contribution in [2.45, 2.75) is 29.0 Å². The van der Waals surface area contributed by atoms with Crippen molar-refractivity contribution in [2.75, 3.05) is 44.6 Å². The number of rotatable bonds is 2. The molecule has 3 heterocycles. The Hall–Kier alpha value is -1.24. The molecule has 124 valence electrons. The maximum absolute atomic E-state index is 12.7. The molecule has 3 N–H and O–H groups in total. The molecule has 1 unspecified atom stereocenters. The highest BCUT2D eigenvalue weighted by Gasteiger charge is 2.32. The van der Waals surface area contributed by atoms with Crippen LogP contribution in [0.15, 0.2) is 23.1 Å². The van der Waals surface area contributed by atoms with Crippen molar-refractivity contribution in [1.29, 1.82) is 0 Å². The average Bonchev–Trinajstić information content (AvgIpc) is 3.06. The number of anilines is 1. The maximum Gasteiger partial charge on any atom is 0.256 e. The third-order valence-corrected chi connectivity index (χ3v) is 6.16. The van der Waals surface area contributed by atoms with Crippen LogP contribution < -0.4 is 16.0 Å². The summed E-state index contributed by atoms with van der Waals surface area (Å²) in [6, 6.07) is 6.71. The largest absolute Gasteiger partial charge is 0.364 e. The maximum atomic E-state index is 12.7. The van der Waals surface area contributed by atoms with Crippen LogP contribution in [-0.2, 0) is 4.79 Å². The van der Waals surface area contributed by atoms with E-state index in [1.807, 2.05) is 4.90 Å². The van der Waals surface area contributed by atoms with Crippen LogP contribution in [0.3, 0.4) is 0 Å². The monoisotopic (exact) mass is 332 g/mol. The Labute approximate surface area is 141 Å². The zero-order chi connectivity index (χ0) is 15.6. The van der Waals surface area contributed by atoms with E-state index in [9.17, 15) is 4.79 Å². The highest BCUT2D eigenvalue weighted by atomic mass is 32.2. The number of hydrogen-bond donors (Lipinski definition) is 3. The zero-order valence-corrected chi connectivity index (χ0v) is 14.1. The number of thioether (sulfide) groups is 1. The normalized spacial score (nSPS) is 25.0. The number of nitrogens with zero attached hydrogens (tertiary/aromatic N) is 1. The Balaban J connectivity index is 1.45. The molecule has 2 fully saturated rings. The SMILES string of the molecule is O=C(C1Nc2cc(C3CCNCC3)ccc2S1)N1CCNCC1. The molecule has 2 saturated heterocycles. The number of carbonyl (C=O) groups excluding carboxylic acids is 1. The van der Waals surface area contributed by atoms with Crippen molar-refractivity contribution in [2.24, 2.45) is 0 Å². The van der Waals surface area contributed by atoms with Gasteiger partial charge in [-0.15, -0.1) is 0 Å². The lowest BCUT2D eigenvalue weighted by molar-refractivity contribution is -0.130. The third-order valence-electron chi connectivity index (χ3n) is 5.00. The number of nitrogens with one attached hydrogen (secondary N) is 3. The highest BCUT2D eigenvalue weighted by molar-refractivity contribution is 8.01. The molecule has 1 amide bonds. The molecule has 0 bridgehead atoms. The fourth-order valence-corrected chi connectivity index (χ4v) is 4.71. The van der Waals surface area contributed by atoms with E-state index < -0.39 is 0 Å². The van der Waals surface area contributed by atoms with Gasteiger partial charge < -0.3 is 20.9 Å². The Bertz CT molecular complexity index is 582. The molecule has 1 atom stereocenters. The van der Waals surface area contributed by atoms with Crippen LogP contribution in [0.2, 0.25) is 0 Å². The van der Waals surface area contributed by atoms with Gasteiger partial charge in [0.15, 0.2) is 5.37 Å². The lowest BCUT2D eigenvalue weighted by Gasteiger charge is -2.29. The topological polar surface area (TPSA) is 56.4 Å². The number of carbonyl (C=O) groups is 1. The van der Waals surface area contributed by atoms with E-state index in [0.29, 0.717) is 5.92 Å². The Morgan fingerprint density at radius 1 is 1.09 bits per heavy atom. The second-order valence-electron chi connectivity index (χ2n) is 6.50. The second kappa shape index (κ2) is 6.71. The van der Waals surface area contributed by atoms with Gasteiger partial charge in [-0.25, -0.2) is 0 Å². The first kappa shape index (κ1) is 15.3. The van der Waals surface area contributed by atoms with Crippen molar-refractivity contribution in [3.05, 3.63) is 23.8 Å². The van der Waals surface area contributed by atoms with E-state index in [4.69, 9.17) is 0 Å². The fraction of sp³-hybridized carbons (Fsp3) is 0.588. The van der Waals surface area contributed by atoms with Crippen molar-refractivity contribution >= 4 is 23.4 Å². The summed E-state index contributed by atoms with van der Waals surface area (Å²) in [5, 5.41) is 10.0. The number of amides is 1. The summed E-state index contributed by atoms with van der Waals surface area (Å²) in [7, 11) is 0. The number of piperidine rings is 1. The summed E-state index contributed by atoms with van der Waals surface area (Å²) >= 11 is 1.66. The first-order valence-corrected chi connectivity index (χ1v) is 9.46. The number of benzene rings is 1. The van der Waals surface area contributed by atoms with Crippen LogP contribution in [0.25, 0.3) is 0 Å². The Morgan fingerprint density at radius 2 is 1.83 bits per heavy atom. The van der Waals surface area contributed by atoms with Gasteiger partial charge in [0.1, 0.15) is 0 Å². The summed E-state index contributed by atoms with van der Waals surface area (Å²) in [5.74, 6) is 0.868. The Kier molecular flexibility index (Phi) is 4.46. The molecule has 1 aromatic rings. The van der Waals surface area contributed by atoms with Crippen LogP contribution in [0.4, 0.5) is 5.69 Å². The summed E-state index contributed by atoms with van der Waals surface area (Å²) in [5.41, 5.74) is 2.55. The quantitative estimate of drug-likeness (QED) is 0.765. The first-order valence-electron chi connectivity index (χ1n) is 8.58. The molecule has 0 aliphatic carbocycles. The van der Waals surface area contributed by atoms with E-state index >= 15 is 0 Å². The van der Waals surface area contributed by atoms with Gasteiger partial charge in [0.05, 0.1) is 0 Å². The van der Waals surface area contributed by atoms with Gasteiger partial charge in [0.25, 0.3) is 5.91 Å². The molecule has 1 aromatic carbocycles. The summed E-state index contributed by atoms with van der Waals surface area (Å²) < 4.78 is 0. The Morgan fingerprint density at radius 3 is 2.61 bits per heavy atom. The van der Waals surface area contributed by atoms with Gasteiger partial charge in [0.2, 0.25) is 0 Å². The van der Waals surface area contributed by atoms with Crippen LogP contribution >= 0.6 is 11.8 Å². The predicted molar refractivity (Wildman–Crippen MR) is 94.0 cm³/mol. The average molecular weight is 332 g/mol. The second-order valence-corrected chi connectivity index (χ2v) is 7.64. The van der Waals surface area contributed by atoms with Crippen LogP contribution in [0.5, 0.6) is 0 Å². The third kappa shape index (κ3) is 3.20. The fourth-order valence-electron chi connectivity index (χ4n) is 3.63. The van der Waals surface area contributed by atoms with Gasteiger partial charge in [-0.05, 0) is 49.5 Å². The molecule has 3 aliphatic heterocycles. The number of piperazine rings is 1. The minimum absolute atomic E-state index is 0.161. The van der Waals surface area contributed by atoms with Gasteiger partial charge in [-0.1, -0.05) is 17.8 Å². The van der Waals surface area contributed by atoms with E-state index in [1.54, 1.807) is 11.8 Å². The standard InChI is InChI=1S/C17H24N4OS/c22-17(21-9-7-19-8-10-21)16-20-14-11-13(1-2-15(14)23-16)12-3-5-18-6-4-12/h1-2,11-12,16,18-20H,3-10H2. The van der Waals surface area contributed by atoms with Gasteiger partial charge in [-0.2, -0.15) is 0 Å².